The van der Waals surface area contributed by atoms with Crippen molar-refractivity contribution >= 4 is 5.97 Å². The third kappa shape index (κ3) is 1.95. The van der Waals surface area contributed by atoms with Gasteiger partial charge in [-0.25, -0.2) is 9.48 Å². The summed E-state index contributed by atoms with van der Waals surface area (Å²) in [6, 6.07) is 9.46. The number of carboxylic acids is 1. The summed E-state index contributed by atoms with van der Waals surface area (Å²) in [5.74, 6) is -1.18. The lowest BCUT2D eigenvalue weighted by Crippen LogP contribution is -2.24. The van der Waals surface area contributed by atoms with Gasteiger partial charge in [-0.1, -0.05) is 30.3 Å². The summed E-state index contributed by atoms with van der Waals surface area (Å²) in [5, 5.41) is 9.02. The van der Waals surface area contributed by atoms with Crippen molar-refractivity contribution in [3.05, 3.63) is 57.5 Å². The van der Waals surface area contributed by atoms with Crippen molar-refractivity contribution in [2.45, 2.75) is 13.5 Å². The third-order valence-corrected chi connectivity index (χ3v) is 3.05. The summed E-state index contributed by atoms with van der Waals surface area (Å²) in [6.07, 6.45) is 0. The van der Waals surface area contributed by atoms with Crippen LogP contribution in [-0.2, 0) is 13.6 Å². The highest BCUT2D eigenvalue weighted by Crippen LogP contribution is 2.06. The van der Waals surface area contributed by atoms with Gasteiger partial charge >= 0.3 is 5.97 Å². The molecule has 2 rings (SSSR count). The van der Waals surface area contributed by atoms with Crippen molar-refractivity contribution in [3.8, 4) is 0 Å². The quantitative estimate of drug-likeness (QED) is 0.886. The maximum atomic E-state index is 12.0. The highest BCUT2D eigenvalue weighted by molar-refractivity contribution is 5.88. The molecule has 5 nitrogen and oxygen atoms in total. The second-order valence-corrected chi connectivity index (χ2v) is 4.14. The fraction of sp³-hybridized carbons (Fsp3) is 0.231. The van der Waals surface area contributed by atoms with Crippen LogP contribution in [0.1, 0.15) is 21.6 Å². The van der Waals surface area contributed by atoms with Gasteiger partial charge in [-0.05, 0) is 12.5 Å². The predicted molar refractivity (Wildman–Crippen MR) is 66.9 cm³/mol. The van der Waals surface area contributed by atoms with E-state index in [-0.39, 0.29) is 5.56 Å². The number of benzene rings is 1. The molecule has 0 aliphatic heterocycles. The van der Waals surface area contributed by atoms with E-state index in [0.29, 0.717) is 12.2 Å². The Bertz CT molecular complexity index is 638. The molecule has 0 amide bonds. The molecule has 0 saturated heterocycles. The van der Waals surface area contributed by atoms with Crippen LogP contribution in [0.15, 0.2) is 35.1 Å². The number of aromatic nitrogens is 2. The first kappa shape index (κ1) is 12.2. The van der Waals surface area contributed by atoms with Gasteiger partial charge in [0.15, 0.2) is 0 Å². The van der Waals surface area contributed by atoms with Crippen LogP contribution in [0.4, 0.5) is 0 Å². The molecule has 0 radical (unpaired) electrons. The van der Waals surface area contributed by atoms with Crippen LogP contribution >= 0.6 is 0 Å². The number of carbonyl (C=O) groups is 1. The van der Waals surface area contributed by atoms with Crippen molar-refractivity contribution in [1.29, 1.82) is 0 Å². The van der Waals surface area contributed by atoms with E-state index in [0.717, 1.165) is 5.56 Å². The van der Waals surface area contributed by atoms with E-state index < -0.39 is 11.5 Å². The van der Waals surface area contributed by atoms with Crippen LogP contribution in [0.2, 0.25) is 0 Å². The molecule has 1 aromatic heterocycles. The number of hydrogen-bond donors (Lipinski definition) is 1. The van der Waals surface area contributed by atoms with Crippen LogP contribution < -0.4 is 5.56 Å². The Morgan fingerprint density at radius 3 is 2.39 bits per heavy atom. The first-order chi connectivity index (χ1) is 8.52. The molecule has 18 heavy (non-hydrogen) atoms. The van der Waals surface area contributed by atoms with E-state index in [1.54, 1.807) is 18.7 Å². The first-order valence-electron chi connectivity index (χ1n) is 5.56. The SMILES string of the molecule is Cc1c(C(=O)O)c(=O)n(Cc2ccccc2)n1C. The standard InChI is InChI=1S/C13H14N2O3/c1-9-11(13(17)18)12(16)15(14(9)2)8-10-6-4-3-5-7-10/h3-7H,8H2,1-2H3,(H,17,18). The molecule has 1 N–H and O–H groups in total. The summed E-state index contributed by atoms with van der Waals surface area (Å²) in [6.45, 7) is 2.00. The number of hydrogen-bond acceptors (Lipinski definition) is 2. The zero-order valence-electron chi connectivity index (χ0n) is 10.3. The summed E-state index contributed by atoms with van der Waals surface area (Å²) in [7, 11) is 1.69. The van der Waals surface area contributed by atoms with Crippen molar-refractivity contribution in [2.75, 3.05) is 0 Å². The van der Waals surface area contributed by atoms with E-state index in [1.165, 1.54) is 4.68 Å². The third-order valence-electron chi connectivity index (χ3n) is 3.05. The van der Waals surface area contributed by atoms with Gasteiger partial charge < -0.3 is 5.11 Å². The topological polar surface area (TPSA) is 64.2 Å². The smallest absolute Gasteiger partial charge is 0.343 e. The first-order valence-corrected chi connectivity index (χ1v) is 5.56. The molecule has 0 unspecified atom stereocenters. The van der Waals surface area contributed by atoms with E-state index in [2.05, 4.69) is 0 Å². The van der Waals surface area contributed by atoms with Crippen molar-refractivity contribution in [2.24, 2.45) is 7.05 Å². The van der Waals surface area contributed by atoms with Gasteiger partial charge in [0, 0.05) is 7.05 Å². The van der Waals surface area contributed by atoms with Gasteiger partial charge in [0.2, 0.25) is 0 Å². The van der Waals surface area contributed by atoms with E-state index >= 15 is 0 Å². The zero-order valence-corrected chi connectivity index (χ0v) is 10.3. The summed E-state index contributed by atoms with van der Waals surface area (Å²) in [4.78, 5) is 23.1. The van der Waals surface area contributed by atoms with Crippen LogP contribution in [-0.4, -0.2) is 20.4 Å². The number of aromatic carboxylic acids is 1. The lowest BCUT2D eigenvalue weighted by atomic mass is 10.2. The molecule has 94 valence electrons. The summed E-state index contributed by atoms with van der Waals surface area (Å²) in [5.41, 5.74) is 0.792. The Hall–Kier alpha value is -2.30. The Morgan fingerprint density at radius 1 is 1.28 bits per heavy atom. The molecule has 0 fully saturated rings. The van der Waals surface area contributed by atoms with E-state index in [1.807, 2.05) is 30.3 Å². The fourth-order valence-electron chi connectivity index (χ4n) is 1.94. The Kier molecular flexibility index (Phi) is 3.06. The number of carboxylic acid groups (broad SMARTS) is 1. The second kappa shape index (κ2) is 4.52. The van der Waals surface area contributed by atoms with Gasteiger partial charge in [-0.3, -0.25) is 9.48 Å². The highest BCUT2D eigenvalue weighted by Gasteiger charge is 2.20. The fourth-order valence-corrected chi connectivity index (χ4v) is 1.94. The molecular formula is C13H14N2O3. The van der Waals surface area contributed by atoms with Crippen molar-refractivity contribution in [3.63, 3.8) is 0 Å². The van der Waals surface area contributed by atoms with Gasteiger partial charge in [-0.15, -0.1) is 0 Å². The number of nitrogens with zero attached hydrogens (tertiary/aromatic N) is 2. The molecule has 0 spiro atoms. The van der Waals surface area contributed by atoms with E-state index in [9.17, 15) is 9.59 Å². The molecule has 2 aromatic rings. The summed E-state index contributed by atoms with van der Waals surface area (Å²) < 4.78 is 3.01. The average molecular weight is 246 g/mol. The lowest BCUT2D eigenvalue weighted by Gasteiger charge is -2.08. The lowest BCUT2D eigenvalue weighted by molar-refractivity contribution is 0.0694. The van der Waals surface area contributed by atoms with Gasteiger partial charge in [-0.2, -0.15) is 0 Å². The maximum absolute atomic E-state index is 12.0. The molecule has 0 saturated carbocycles. The minimum atomic E-state index is -1.18. The van der Waals surface area contributed by atoms with Crippen LogP contribution in [0.5, 0.6) is 0 Å². The summed E-state index contributed by atoms with van der Waals surface area (Å²) >= 11 is 0. The Balaban J connectivity index is 2.50. The van der Waals surface area contributed by atoms with Gasteiger partial charge in [0.05, 0.1) is 12.2 Å². The molecule has 0 aliphatic rings. The highest BCUT2D eigenvalue weighted by atomic mass is 16.4. The van der Waals surface area contributed by atoms with Crippen LogP contribution in [0.25, 0.3) is 0 Å². The molecule has 0 aliphatic carbocycles. The van der Waals surface area contributed by atoms with Crippen molar-refractivity contribution in [1.82, 2.24) is 9.36 Å². The van der Waals surface area contributed by atoms with E-state index in [4.69, 9.17) is 5.11 Å². The predicted octanol–water partition coefficient (Wildman–Crippen LogP) is 1.24. The minimum absolute atomic E-state index is 0.159. The molecule has 5 heteroatoms. The van der Waals surface area contributed by atoms with Crippen LogP contribution in [0.3, 0.4) is 0 Å². The van der Waals surface area contributed by atoms with Gasteiger partial charge in [0.1, 0.15) is 5.56 Å². The van der Waals surface area contributed by atoms with Crippen molar-refractivity contribution < 1.29 is 9.90 Å². The largest absolute Gasteiger partial charge is 0.477 e. The average Bonchev–Trinajstić information content (AvgIpc) is 2.55. The van der Waals surface area contributed by atoms with Crippen LogP contribution in [0, 0.1) is 6.92 Å². The molecule has 1 aromatic carbocycles. The molecule has 0 bridgehead atoms. The molecule has 0 atom stereocenters. The Labute approximate surface area is 104 Å². The second-order valence-electron chi connectivity index (χ2n) is 4.14. The zero-order chi connectivity index (χ0) is 13.3. The molecular weight excluding hydrogens is 232 g/mol. The maximum Gasteiger partial charge on any atom is 0.343 e. The normalized spacial score (nSPS) is 10.6. The monoisotopic (exact) mass is 246 g/mol. The van der Waals surface area contributed by atoms with Gasteiger partial charge in [0.25, 0.3) is 5.56 Å². The molecule has 1 heterocycles. The minimum Gasteiger partial charge on any atom is -0.477 e. The Morgan fingerprint density at radius 2 is 1.89 bits per heavy atom. The number of rotatable bonds is 3.